The molecule has 0 N–H and O–H groups in total. The fourth-order valence-electron chi connectivity index (χ4n) is 3.30. The van der Waals surface area contributed by atoms with E-state index in [9.17, 15) is 9.59 Å². The number of hydrogen-bond acceptors (Lipinski definition) is 4. The van der Waals surface area contributed by atoms with E-state index in [1.165, 1.54) is 24.3 Å². The molecule has 2 aliphatic rings. The zero-order valence-electron chi connectivity index (χ0n) is 13.8. The fraction of sp³-hybridized carbons (Fsp3) is 0.556. The summed E-state index contributed by atoms with van der Waals surface area (Å²) in [5.41, 5.74) is 1.09. The van der Waals surface area contributed by atoms with E-state index in [0.717, 1.165) is 32.7 Å². The standard InChI is InChI=1S/C18H25N3O2/c1-2-3-8-19-9-11-20(12-10-19)13-14-21-17(22)15-6-4-5-7-16(15)18(21)23/h4-7H,2-3,8-14H2,1H3. The summed E-state index contributed by atoms with van der Waals surface area (Å²) in [5, 5.41) is 0. The van der Waals surface area contributed by atoms with Crippen LogP contribution in [0.5, 0.6) is 0 Å². The van der Waals surface area contributed by atoms with Gasteiger partial charge in [-0.3, -0.25) is 19.4 Å². The maximum absolute atomic E-state index is 12.3. The van der Waals surface area contributed by atoms with Crippen LogP contribution in [0.2, 0.25) is 0 Å². The first-order valence-electron chi connectivity index (χ1n) is 8.60. The molecule has 0 unspecified atom stereocenters. The minimum absolute atomic E-state index is 0.146. The molecule has 0 aliphatic carbocycles. The van der Waals surface area contributed by atoms with Crippen LogP contribution in [0.4, 0.5) is 0 Å². The number of piperazine rings is 1. The Bertz CT molecular complexity index is 544. The van der Waals surface area contributed by atoms with E-state index in [2.05, 4.69) is 16.7 Å². The molecular weight excluding hydrogens is 290 g/mol. The normalized spacial score (nSPS) is 19.4. The largest absolute Gasteiger partial charge is 0.301 e. The molecular formula is C18H25N3O2. The number of rotatable bonds is 6. The van der Waals surface area contributed by atoms with Gasteiger partial charge < -0.3 is 4.90 Å². The predicted octanol–water partition coefficient (Wildman–Crippen LogP) is 1.70. The van der Waals surface area contributed by atoms with Crippen molar-refractivity contribution in [3.63, 3.8) is 0 Å². The van der Waals surface area contributed by atoms with Crippen molar-refractivity contribution in [1.29, 1.82) is 0 Å². The summed E-state index contributed by atoms with van der Waals surface area (Å²) in [6, 6.07) is 7.09. The van der Waals surface area contributed by atoms with Crippen molar-refractivity contribution in [2.45, 2.75) is 19.8 Å². The number of fused-ring (bicyclic) bond motifs is 1. The van der Waals surface area contributed by atoms with Crippen LogP contribution in [0.3, 0.4) is 0 Å². The molecule has 1 aromatic carbocycles. The van der Waals surface area contributed by atoms with Gasteiger partial charge in [0.25, 0.3) is 11.8 Å². The Balaban J connectivity index is 1.49. The molecule has 1 fully saturated rings. The minimum Gasteiger partial charge on any atom is -0.301 e. The molecule has 0 bridgehead atoms. The van der Waals surface area contributed by atoms with Gasteiger partial charge in [0.2, 0.25) is 0 Å². The van der Waals surface area contributed by atoms with Gasteiger partial charge in [0, 0.05) is 39.3 Å². The highest BCUT2D eigenvalue weighted by atomic mass is 16.2. The molecule has 2 amide bonds. The zero-order chi connectivity index (χ0) is 16.2. The van der Waals surface area contributed by atoms with Gasteiger partial charge in [-0.2, -0.15) is 0 Å². The van der Waals surface area contributed by atoms with Crippen molar-refractivity contribution < 1.29 is 9.59 Å². The number of benzene rings is 1. The maximum Gasteiger partial charge on any atom is 0.261 e. The number of nitrogens with zero attached hydrogens (tertiary/aromatic N) is 3. The molecule has 1 saturated heterocycles. The summed E-state index contributed by atoms with van der Waals surface area (Å²) >= 11 is 0. The van der Waals surface area contributed by atoms with Crippen molar-refractivity contribution in [2.24, 2.45) is 0 Å². The summed E-state index contributed by atoms with van der Waals surface area (Å²) in [7, 11) is 0. The number of imide groups is 1. The third kappa shape index (κ3) is 3.46. The molecule has 0 radical (unpaired) electrons. The summed E-state index contributed by atoms with van der Waals surface area (Å²) < 4.78 is 0. The molecule has 2 heterocycles. The van der Waals surface area contributed by atoms with Crippen molar-refractivity contribution in [1.82, 2.24) is 14.7 Å². The third-order valence-electron chi connectivity index (χ3n) is 4.81. The lowest BCUT2D eigenvalue weighted by Crippen LogP contribution is -2.49. The van der Waals surface area contributed by atoms with Crippen molar-refractivity contribution in [3.05, 3.63) is 35.4 Å². The Kier molecular flexibility index (Phi) is 5.08. The summed E-state index contributed by atoms with van der Waals surface area (Å²) in [4.78, 5) is 30.9. The van der Waals surface area contributed by atoms with Crippen LogP contribution in [-0.4, -0.2) is 72.3 Å². The molecule has 5 nitrogen and oxygen atoms in total. The Labute approximate surface area is 137 Å². The predicted molar refractivity (Wildman–Crippen MR) is 89.6 cm³/mol. The highest BCUT2D eigenvalue weighted by Crippen LogP contribution is 2.22. The highest BCUT2D eigenvalue weighted by molar-refractivity contribution is 6.21. The van der Waals surface area contributed by atoms with E-state index in [-0.39, 0.29) is 11.8 Å². The van der Waals surface area contributed by atoms with E-state index in [1.807, 2.05) is 12.1 Å². The molecule has 23 heavy (non-hydrogen) atoms. The third-order valence-corrected chi connectivity index (χ3v) is 4.81. The van der Waals surface area contributed by atoms with Crippen LogP contribution in [0, 0.1) is 0 Å². The van der Waals surface area contributed by atoms with Gasteiger partial charge in [-0.15, -0.1) is 0 Å². The quantitative estimate of drug-likeness (QED) is 0.750. The summed E-state index contributed by atoms with van der Waals surface area (Å²) in [6.07, 6.45) is 2.50. The van der Waals surface area contributed by atoms with Gasteiger partial charge in [0.05, 0.1) is 11.1 Å². The summed E-state index contributed by atoms with van der Waals surface area (Å²) in [6.45, 7) is 8.87. The second-order valence-electron chi connectivity index (χ2n) is 6.34. The molecule has 1 aromatic rings. The second-order valence-corrected chi connectivity index (χ2v) is 6.34. The smallest absolute Gasteiger partial charge is 0.261 e. The first-order valence-corrected chi connectivity index (χ1v) is 8.60. The van der Waals surface area contributed by atoms with E-state index < -0.39 is 0 Å². The average molecular weight is 315 g/mol. The number of carbonyl (C=O) groups is 2. The highest BCUT2D eigenvalue weighted by Gasteiger charge is 2.35. The Morgan fingerprint density at radius 2 is 1.35 bits per heavy atom. The molecule has 2 aliphatic heterocycles. The van der Waals surface area contributed by atoms with Gasteiger partial charge in [-0.05, 0) is 25.1 Å². The molecule has 0 saturated carbocycles. The average Bonchev–Trinajstić information content (AvgIpc) is 2.84. The fourth-order valence-corrected chi connectivity index (χ4v) is 3.30. The molecule has 0 atom stereocenters. The van der Waals surface area contributed by atoms with Crippen LogP contribution < -0.4 is 0 Å². The topological polar surface area (TPSA) is 43.9 Å². The number of unbranched alkanes of at least 4 members (excludes halogenated alkanes) is 1. The SMILES string of the molecule is CCCCN1CCN(CCN2C(=O)c3ccccc3C2=O)CC1. The molecule has 5 heteroatoms. The Morgan fingerprint density at radius 1 is 0.826 bits per heavy atom. The van der Waals surface area contributed by atoms with Gasteiger partial charge >= 0.3 is 0 Å². The molecule has 124 valence electrons. The van der Waals surface area contributed by atoms with Gasteiger partial charge in [0.15, 0.2) is 0 Å². The van der Waals surface area contributed by atoms with Crippen LogP contribution in [-0.2, 0) is 0 Å². The van der Waals surface area contributed by atoms with Gasteiger partial charge in [0.1, 0.15) is 0 Å². The van der Waals surface area contributed by atoms with Gasteiger partial charge in [-0.1, -0.05) is 25.5 Å². The summed E-state index contributed by atoms with van der Waals surface area (Å²) in [5.74, 6) is -0.292. The van der Waals surface area contributed by atoms with E-state index in [0.29, 0.717) is 17.7 Å². The number of amides is 2. The zero-order valence-corrected chi connectivity index (χ0v) is 13.8. The van der Waals surface area contributed by atoms with Crippen molar-refractivity contribution in [2.75, 3.05) is 45.8 Å². The van der Waals surface area contributed by atoms with Crippen molar-refractivity contribution >= 4 is 11.8 Å². The van der Waals surface area contributed by atoms with E-state index in [4.69, 9.17) is 0 Å². The van der Waals surface area contributed by atoms with Crippen molar-refractivity contribution in [3.8, 4) is 0 Å². The van der Waals surface area contributed by atoms with Crippen LogP contribution in [0.1, 0.15) is 40.5 Å². The molecule has 0 spiro atoms. The van der Waals surface area contributed by atoms with E-state index in [1.54, 1.807) is 12.1 Å². The minimum atomic E-state index is -0.146. The van der Waals surface area contributed by atoms with Crippen LogP contribution in [0.25, 0.3) is 0 Å². The Morgan fingerprint density at radius 3 is 1.87 bits per heavy atom. The molecule has 0 aromatic heterocycles. The maximum atomic E-state index is 12.3. The Hall–Kier alpha value is -1.72. The number of hydrogen-bond donors (Lipinski definition) is 0. The van der Waals surface area contributed by atoms with Crippen LogP contribution >= 0.6 is 0 Å². The van der Waals surface area contributed by atoms with Crippen LogP contribution in [0.15, 0.2) is 24.3 Å². The van der Waals surface area contributed by atoms with Gasteiger partial charge in [-0.25, -0.2) is 0 Å². The first-order chi connectivity index (χ1) is 11.2. The lowest BCUT2D eigenvalue weighted by Gasteiger charge is -2.35. The number of carbonyl (C=O) groups excluding carboxylic acids is 2. The van der Waals surface area contributed by atoms with E-state index >= 15 is 0 Å². The second kappa shape index (κ2) is 7.23. The molecule has 3 rings (SSSR count). The first kappa shape index (κ1) is 16.1. The monoisotopic (exact) mass is 315 g/mol. The lowest BCUT2D eigenvalue weighted by atomic mass is 10.1. The lowest BCUT2D eigenvalue weighted by molar-refractivity contribution is 0.0614.